The Labute approximate surface area is 116 Å². The van der Waals surface area contributed by atoms with Gasteiger partial charge < -0.3 is 24.7 Å². The van der Waals surface area contributed by atoms with E-state index >= 15 is 0 Å². The van der Waals surface area contributed by atoms with Crippen LogP contribution >= 0.6 is 11.8 Å². The molecule has 0 bridgehead atoms. The molecule has 0 aromatic heterocycles. The van der Waals surface area contributed by atoms with Gasteiger partial charge in [0.2, 0.25) is 0 Å². The van der Waals surface area contributed by atoms with Crippen LogP contribution < -0.4 is 19.9 Å². The zero-order chi connectivity index (χ0) is 13.8. The first-order valence-corrected chi connectivity index (χ1v) is 7.18. The molecule has 2 atom stereocenters. The summed E-state index contributed by atoms with van der Waals surface area (Å²) in [6, 6.07) is 5.22. The van der Waals surface area contributed by atoms with E-state index in [4.69, 9.17) is 9.47 Å². The highest BCUT2D eigenvalue weighted by Gasteiger charge is 2.31. The molecule has 6 heteroatoms. The fourth-order valence-electron chi connectivity index (χ4n) is 2.02. The summed E-state index contributed by atoms with van der Waals surface area (Å²) in [6.45, 7) is 2.47. The fraction of sp³-hybridized carbons (Fsp3) is 0.462. The number of aliphatic carboxylic acids is 1. The summed E-state index contributed by atoms with van der Waals surface area (Å²) in [5.74, 6) is 0.926. The summed E-state index contributed by atoms with van der Waals surface area (Å²) in [5, 5.41) is 12.7. The normalized spacial score (nSPS) is 22.2. The minimum Gasteiger partial charge on any atom is -0.544 e. The van der Waals surface area contributed by atoms with E-state index in [-0.39, 0.29) is 5.37 Å². The van der Waals surface area contributed by atoms with Gasteiger partial charge in [0, 0.05) is 5.56 Å². The van der Waals surface area contributed by atoms with E-state index in [2.05, 4.69) is 0 Å². The molecule has 2 N–H and O–H groups in total. The molecule has 2 rings (SSSR count). The number of ether oxygens (including phenoxy) is 2. The van der Waals surface area contributed by atoms with Crippen molar-refractivity contribution in [1.29, 1.82) is 0 Å². The zero-order valence-corrected chi connectivity index (χ0v) is 11.7. The number of benzene rings is 1. The van der Waals surface area contributed by atoms with E-state index < -0.39 is 12.0 Å². The van der Waals surface area contributed by atoms with Gasteiger partial charge in [-0.2, -0.15) is 0 Å². The number of carbonyl (C=O) groups excluding carboxylic acids is 1. The highest BCUT2D eigenvalue weighted by atomic mass is 32.2. The van der Waals surface area contributed by atoms with Gasteiger partial charge in [-0.3, -0.25) is 0 Å². The van der Waals surface area contributed by atoms with E-state index in [9.17, 15) is 9.90 Å². The molecule has 0 saturated carbocycles. The largest absolute Gasteiger partial charge is 0.544 e. The number of methoxy groups -OCH3 is 1. The van der Waals surface area contributed by atoms with Crippen LogP contribution in [-0.4, -0.2) is 31.5 Å². The molecule has 0 radical (unpaired) electrons. The Morgan fingerprint density at radius 3 is 2.89 bits per heavy atom. The summed E-state index contributed by atoms with van der Waals surface area (Å²) in [5.41, 5.74) is 1.03. The molecule has 1 aliphatic heterocycles. The van der Waals surface area contributed by atoms with Crippen molar-refractivity contribution in [2.24, 2.45) is 0 Å². The molecule has 1 heterocycles. The third-order valence-electron chi connectivity index (χ3n) is 2.98. The molecule has 104 valence electrons. The monoisotopic (exact) mass is 283 g/mol. The lowest BCUT2D eigenvalue weighted by atomic mass is 10.2. The van der Waals surface area contributed by atoms with Gasteiger partial charge in [-0.05, 0) is 25.1 Å². The van der Waals surface area contributed by atoms with Crippen LogP contribution in [-0.2, 0) is 4.79 Å². The van der Waals surface area contributed by atoms with Crippen molar-refractivity contribution in [3.8, 4) is 11.5 Å². The third-order valence-corrected chi connectivity index (χ3v) is 4.32. The first-order valence-electron chi connectivity index (χ1n) is 6.14. The Morgan fingerprint density at radius 2 is 2.32 bits per heavy atom. The number of nitrogens with two attached hydrogens (primary N) is 1. The van der Waals surface area contributed by atoms with Crippen LogP contribution in [0.3, 0.4) is 0 Å². The number of rotatable bonds is 5. The first kappa shape index (κ1) is 14.0. The number of carboxylic acids is 1. The summed E-state index contributed by atoms with van der Waals surface area (Å²) in [4.78, 5) is 10.8. The van der Waals surface area contributed by atoms with Crippen LogP contribution in [0, 0.1) is 0 Å². The predicted octanol–water partition coefficient (Wildman–Crippen LogP) is -0.479. The molecule has 1 aromatic carbocycles. The number of carbonyl (C=O) groups is 1. The Kier molecular flexibility index (Phi) is 4.55. The molecule has 0 unspecified atom stereocenters. The molecule has 0 spiro atoms. The van der Waals surface area contributed by atoms with E-state index in [1.165, 1.54) is 0 Å². The van der Waals surface area contributed by atoms with Crippen molar-refractivity contribution in [3.05, 3.63) is 23.8 Å². The second kappa shape index (κ2) is 6.16. The van der Waals surface area contributed by atoms with Crippen LogP contribution in [0.5, 0.6) is 11.5 Å². The van der Waals surface area contributed by atoms with Crippen molar-refractivity contribution >= 4 is 17.7 Å². The summed E-state index contributed by atoms with van der Waals surface area (Å²) < 4.78 is 10.8. The maximum atomic E-state index is 10.8. The average molecular weight is 283 g/mol. The molecule has 0 amide bonds. The Morgan fingerprint density at radius 1 is 1.53 bits per heavy atom. The van der Waals surface area contributed by atoms with Crippen LogP contribution in [0.25, 0.3) is 0 Å². The van der Waals surface area contributed by atoms with Crippen molar-refractivity contribution in [1.82, 2.24) is 0 Å². The highest BCUT2D eigenvalue weighted by Crippen LogP contribution is 2.34. The fourth-order valence-corrected chi connectivity index (χ4v) is 3.32. The molecule has 19 heavy (non-hydrogen) atoms. The standard InChI is InChI=1S/C13H17NO4S/c1-3-18-11-6-8(4-5-10(11)17-2)12-14-9(7-19-12)13(15)16/h4-6,9,12,14H,3,7H2,1-2H3,(H,15,16)/t9-,12+/m0/s1. The first-order chi connectivity index (χ1) is 9.15. The van der Waals surface area contributed by atoms with Gasteiger partial charge in [0.1, 0.15) is 12.0 Å². The second-order valence-corrected chi connectivity index (χ2v) is 5.39. The minimum atomic E-state index is -1.01. The van der Waals surface area contributed by atoms with E-state index in [0.29, 0.717) is 23.9 Å². The van der Waals surface area contributed by atoms with Gasteiger partial charge in [-0.1, -0.05) is 11.8 Å². The minimum absolute atomic E-state index is 0.0630. The van der Waals surface area contributed by atoms with Crippen molar-refractivity contribution < 1.29 is 24.7 Å². The van der Waals surface area contributed by atoms with Crippen molar-refractivity contribution in [2.75, 3.05) is 19.5 Å². The van der Waals surface area contributed by atoms with Crippen molar-refractivity contribution in [2.45, 2.75) is 18.3 Å². The summed E-state index contributed by atoms with van der Waals surface area (Å²) in [7, 11) is 1.60. The summed E-state index contributed by atoms with van der Waals surface area (Å²) in [6.07, 6.45) is 0. The lowest BCUT2D eigenvalue weighted by Crippen LogP contribution is -2.90. The number of quaternary nitrogens is 1. The molecule has 1 aromatic rings. The van der Waals surface area contributed by atoms with Gasteiger partial charge in [-0.15, -0.1) is 0 Å². The van der Waals surface area contributed by atoms with Crippen molar-refractivity contribution in [3.63, 3.8) is 0 Å². The zero-order valence-electron chi connectivity index (χ0n) is 10.9. The van der Waals surface area contributed by atoms with Crippen LogP contribution in [0.1, 0.15) is 17.9 Å². The molecular weight excluding hydrogens is 266 g/mol. The Balaban J connectivity index is 2.17. The second-order valence-electron chi connectivity index (χ2n) is 4.22. The highest BCUT2D eigenvalue weighted by molar-refractivity contribution is 7.99. The van der Waals surface area contributed by atoms with Gasteiger partial charge in [0.05, 0.1) is 19.5 Å². The maximum Gasteiger partial charge on any atom is 0.161 e. The molecule has 1 saturated heterocycles. The van der Waals surface area contributed by atoms with Crippen LogP contribution in [0.4, 0.5) is 0 Å². The number of hydrogen-bond donors (Lipinski definition) is 1. The van der Waals surface area contributed by atoms with E-state index in [0.717, 1.165) is 5.56 Å². The molecule has 5 nitrogen and oxygen atoms in total. The van der Waals surface area contributed by atoms with Crippen LogP contribution in [0.15, 0.2) is 18.2 Å². The smallest absolute Gasteiger partial charge is 0.161 e. The maximum absolute atomic E-state index is 10.8. The van der Waals surface area contributed by atoms with Gasteiger partial charge in [0.15, 0.2) is 16.9 Å². The number of thioether (sulfide) groups is 1. The number of carboxylic acid groups (broad SMARTS) is 1. The number of hydrogen-bond acceptors (Lipinski definition) is 5. The lowest BCUT2D eigenvalue weighted by Gasteiger charge is -2.14. The van der Waals surface area contributed by atoms with E-state index in [1.54, 1.807) is 18.9 Å². The SMILES string of the molecule is CCOc1cc([C@@H]2[NH2+][C@H](C(=O)[O-])CS2)ccc1OC. The van der Waals surface area contributed by atoms with Gasteiger partial charge in [0.25, 0.3) is 0 Å². The third kappa shape index (κ3) is 3.13. The Bertz CT molecular complexity index is 466. The molecule has 1 fully saturated rings. The van der Waals surface area contributed by atoms with E-state index in [1.807, 2.05) is 30.4 Å². The summed E-state index contributed by atoms with van der Waals surface area (Å²) >= 11 is 1.60. The van der Waals surface area contributed by atoms with Gasteiger partial charge in [-0.25, -0.2) is 0 Å². The molecule has 1 aliphatic rings. The molecule has 0 aliphatic carbocycles. The topological polar surface area (TPSA) is 75.2 Å². The predicted molar refractivity (Wildman–Crippen MR) is 70.1 cm³/mol. The van der Waals surface area contributed by atoms with Crippen LogP contribution in [0.2, 0.25) is 0 Å². The lowest BCUT2D eigenvalue weighted by molar-refractivity contribution is -0.690. The quantitative estimate of drug-likeness (QED) is 0.790. The molecular formula is C13H17NO4S. The van der Waals surface area contributed by atoms with Gasteiger partial charge >= 0.3 is 0 Å². The Hall–Kier alpha value is -1.40. The average Bonchev–Trinajstić information content (AvgIpc) is 2.89.